The summed E-state index contributed by atoms with van der Waals surface area (Å²) < 4.78 is 10.2. The Bertz CT molecular complexity index is 808. The van der Waals surface area contributed by atoms with E-state index in [2.05, 4.69) is 5.32 Å². The first-order valence-electron chi connectivity index (χ1n) is 6.98. The van der Waals surface area contributed by atoms with Crippen molar-refractivity contribution >= 4 is 29.3 Å². The van der Waals surface area contributed by atoms with Crippen molar-refractivity contribution in [3.05, 3.63) is 58.6 Å². The number of carbonyl (C=O) groups is 1. The van der Waals surface area contributed by atoms with Crippen LogP contribution in [0.15, 0.2) is 48.0 Å². The molecular weight excluding hydrogens is 328 g/mol. The van der Waals surface area contributed by atoms with Crippen LogP contribution in [0.5, 0.6) is 11.5 Å². The number of nitrogens with zero attached hydrogens (tertiary/aromatic N) is 1. The lowest BCUT2D eigenvalue weighted by atomic mass is 10.1. The molecule has 0 atom stereocenters. The van der Waals surface area contributed by atoms with Gasteiger partial charge in [-0.1, -0.05) is 23.7 Å². The first-order valence-corrected chi connectivity index (χ1v) is 7.36. The number of nitrogens with one attached hydrogen (secondary N) is 1. The lowest BCUT2D eigenvalue weighted by Gasteiger charge is -2.10. The number of anilines is 1. The van der Waals surface area contributed by atoms with Crippen LogP contribution in [-0.2, 0) is 4.79 Å². The van der Waals surface area contributed by atoms with Gasteiger partial charge in [-0.05, 0) is 42.0 Å². The molecular formula is C18H15ClN2O3. The van der Waals surface area contributed by atoms with Crippen LogP contribution in [0, 0.1) is 11.3 Å². The van der Waals surface area contributed by atoms with E-state index in [0.29, 0.717) is 27.8 Å². The highest BCUT2D eigenvalue weighted by Gasteiger charge is 2.13. The molecule has 1 amide bonds. The number of carbonyl (C=O) groups excluding carboxylic acids is 1. The van der Waals surface area contributed by atoms with E-state index in [4.69, 9.17) is 21.1 Å². The fraction of sp³-hybridized carbons (Fsp3) is 0.111. The number of ether oxygens (including phenoxy) is 2. The van der Waals surface area contributed by atoms with Crippen molar-refractivity contribution in [1.29, 1.82) is 5.26 Å². The summed E-state index contributed by atoms with van der Waals surface area (Å²) in [4.78, 5) is 12.3. The van der Waals surface area contributed by atoms with Crippen LogP contribution in [0.4, 0.5) is 5.69 Å². The number of benzene rings is 2. The van der Waals surface area contributed by atoms with E-state index in [1.807, 2.05) is 6.07 Å². The molecule has 0 saturated heterocycles. The van der Waals surface area contributed by atoms with Gasteiger partial charge in [0.1, 0.15) is 23.1 Å². The van der Waals surface area contributed by atoms with E-state index >= 15 is 0 Å². The predicted molar refractivity (Wildman–Crippen MR) is 93.2 cm³/mol. The van der Waals surface area contributed by atoms with Gasteiger partial charge in [0.15, 0.2) is 0 Å². The van der Waals surface area contributed by atoms with Crippen LogP contribution in [-0.4, -0.2) is 20.1 Å². The maximum Gasteiger partial charge on any atom is 0.266 e. The van der Waals surface area contributed by atoms with Gasteiger partial charge in [0.05, 0.1) is 19.9 Å². The Morgan fingerprint density at radius 2 is 1.88 bits per heavy atom. The van der Waals surface area contributed by atoms with Crippen LogP contribution in [0.25, 0.3) is 6.08 Å². The molecule has 0 heterocycles. The minimum atomic E-state index is -0.547. The monoisotopic (exact) mass is 342 g/mol. The van der Waals surface area contributed by atoms with Gasteiger partial charge in [0.25, 0.3) is 5.91 Å². The van der Waals surface area contributed by atoms with Crippen LogP contribution in [0.3, 0.4) is 0 Å². The van der Waals surface area contributed by atoms with Crippen LogP contribution < -0.4 is 14.8 Å². The van der Waals surface area contributed by atoms with E-state index in [1.54, 1.807) is 49.6 Å². The molecule has 5 nitrogen and oxygen atoms in total. The summed E-state index contributed by atoms with van der Waals surface area (Å²) in [5.74, 6) is 0.599. The molecule has 0 spiro atoms. The second-order valence-corrected chi connectivity index (χ2v) is 5.18. The second kappa shape index (κ2) is 8.04. The molecule has 0 aliphatic rings. The molecule has 6 heteroatoms. The van der Waals surface area contributed by atoms with Crippen molar-refractivity contribution in [1.82, 2.24) is 0 Å². The highest BCUT2D eigenvalue weighted by molar-refractivity contribution is 6.31. The third-order valence-corrected chi connectivity index (χ3v) is 3.44. The first kappa shape index (κ1) is 17.4. The number of hydrogen-bond acceptors (Lipinski definition) is 4. The Balaban J connectivity index is 2.24. The summed E-state index contributed by atoms with van der Waals surface area (Å²) in [7, 11) is 3.05. The average Bonchev–Trinajstić information content (AvgIpc) is 2.60. The topological polar surface area (TPSA) is 71.3 Å². The quantitative estimate of drug-likeness (QED) is 0.660. The lowest BCUT2D eigenvalue weighted by Crippen LogP contribution is -2.14. The number of halogens is 1. The molecule has 0 aromatic heterocycles. The fourth-order valence-electron chi connectivity index (χ4n) is 1.98. The molecule has 0 aliphatic heterocycles. The van der Waals surface area contributed by atoms with Crippen molar-refractivity contribution in [2.45, 2.75) is 0 Å². The van der Waals surface area contributed by atoms with Gasteiger partial charge in [-0.3, -0.25) is 4.79 Å². The van der Waals surface area contributed by atoms with Crippen LogP contribution in [0.2, 0.25) is 5.02 Å². The molecule has 122 valence electrons. The number of methoxy groups -OCH3 is 2. The molecule has 0 unspecified atom stereocenters. The van der Waals surface area contributed by atoms with Crippen molar-refractivity contribution in [3.63, 3.8) is 0 Å². The molecule has 24 heavy (non-hydrogen) atoms. The summed E-state index contributed by atoms with van der Waals surface area (Å²) in [6, 6.07) is 13.7. The normalized spacial score (nSPS) is 10.7. The molecule has 0 radical (unpaired) electrons. The Hall–Kier alpha value is -2.97. The van der Waals surface area contributed by atoms with Crippen LogP contribution >= 0.6 is 11.6 Å². The second-order valence-electron chi connectivity index (χ2n) is 4.74. The molecule has 2 aromatic rings. The maximum absolute atomic E-state index is 12.3. The van der Waals surface area contributed by atoms with Gasteiger partial charge in [-0.15, -0.1) is 0 Å². The van der Waals surface area contributed by atoms with Gasteiger partial charge >= 0.3 is 0 Å². The number of nitriles is 1. The Kier molecular flexibility index (Phi) is 5.83. The van der Waals surface area contributed by atoms with Crippen molar-refractivity contribution in [3.8, 4) is 17.6 Å². The minimum Gasteiger partial charge on any atom is -0.497 e. The molecule has 0 aliphatic carbocycles. The molecule has 1 N–H and O–H groups in total. The van der Waals surface area contributed by atoms with Gasteiger partial charge in [0, 0.05) is 5.02 Å². The number of amides is 1. The zero-order chi connectivity index (χ0) is 17.5. The molecule has 2 rings (SSSR count). The van der Waals surface area contributed by atoms with E-state index < -0.39 is 5.91 Å². The number of rotatable bonds is 5. The molecule has 0 bridgehead atoms. The summed E-state index contributed by atoms with van der Waals surface area (Å²) in [6.45, 7) is 0. The lowest BCUT2D eigenvalue weighted by molar-refractivity contribution is -0.112. The largest absolute Gasteiger partial charge is 0.497 e. The zero-order valence-corrected chi connectivity index (χ0v) is 13.9. The SMILES string of the molecule is COc1ccc(/C=C(\C#N)C(=O)Nc2cc(Cl)ccc2OC)cc1. The molecule has 0 fully saturated rings. The highest BCUT2D eigenvalue weighted by atomic mass is 35.5. The van der Waals surface area contributed by atoms with Crippen molar-refractivity contribution in [2.75, 3.05) is 19.5 Å². The van der Waals surface area contributed by atoms with E-state index in [-0.39, 0.29) is 5.57 Å². The molecule has 0 saturated carbocycles. The fourth-order valence-corrected chi connectivity index (χ4v) is 2.16. The van der Waals surface area contributed by atoms with E-state index in [9.17, 15) is 10.1 Å². The Morgan fingerprint density at radius 3 is 2.46 bits per heavy atom. The van der Waals surface area contributed by atoms with Crippen molar-refractivity contribution in [2.24, 2.45) is 0 Å². The first-order chi connectivity index (χ1) is 11.6. The summed E-state index contributed by atoms with van der Waals surface area (Å²) >= 11 is 5.93. The third-order valence-electron chi connectivity index (χ3n) is 3.20. The Morgan fingerprint density at radius 1 is 1.17 bits per heavy atom. The summed E-state index contributed by atoms with van der Waals surface area (Å²) in [6.07, 6.45) is 1.49. The van der Waals surface area contributed by atoms with Crippen molar-refractivity contribution < 1.29 is 14.3 Å². The summed E-state index contributed by atoms with van der Waals surface area (Å²) in [5.41, 5.74) is 1.06. The van der Waals surface area contributed by atoms with Gasteiger partial charge in [-0.2, -0.15) is 5.26 Å². The molecule has 2 aromatic carbocycles. The minimum absolute atomic E-state index is 0.0396. The van der Waals surface area contributed by atoms with E-state index in [0.717, 1.165) is 0 Å². The van der Waals surface area contributed by atoms with Gasteiger partial charge < -0.3 is 14.8 Å². The number of hydrogen-bond donors (Lipinski definition) is 1. The van der Waals surface area contributed by atoms with Crippen LogP contribution in [0.1, 0.15) is 5.56 Å². The zero-order valence-electron chi connectivity index (χ0n) is 13.2. The van der Waals surface area contributed by atoms with E-state index in [1.165, 1.54) is 13.2 Å². The summed E-state index contributed by atoms with van der Waals surface area (Å²) in [5, 5.41) is 12.3. The van der Waals surface area contributed by atoms with Gasteiger partial charge in [0.2, 0.25) is 0 Å². The van der Waals surface area contributed by atoms with Gasteiger partial charge in [-0.25, -0.2) is 0 Å². The average molecular weight is 343 g/mol. The third kappa shape index (κ3) is 4.28. The maximum atomic E-state index is 12.3. The standard InChI is InChI=1S/C18H15ClN2O3/c1-23-15-6-3-12(4-7-15)9-13(11-20)18(22)21-16-10-14(19)5-8-17(16)24-2/h3-10H,1-2H3,(H,21,22)/b13-9+. The Labute approximate surface area is 145 Å². The smallest absolute Gasteiger partial charge is 0.266 e. The predicted octanol–water partition coefficient (Wildman–Crippen LogP) is 3.90. The highest BCUT2D eigenvalue weighted by Crippen LogP contribution is 2.28.